The first kappa shape index (κ1) is 25.8. The molecule has 1 heterocycles. The van der Waals surface area contributed by atoms with E-state index in [4.69, 9.17) is 15.2 Å². The van der Waals surface area contributed by atoms with Crippen LogP contribution < -0.4 is 25.3 Å². The number of alkyl halides is 3. The summed E-state index contributed by atoms with van der Waals surface area (Å²) < 4.78 is 53.0. The number of carbonyl (C=O) groups excluding carboxylic acids is 2. The number of rotatable bonds is 8. The Labute approximate surface area is 210 Å². The molecule has 1 aliphatic carbocycles. The number of pyridine rings is 1. The van der Waals surface area contributed by atoms with E-state index in [0.717, 1.165) is 37.0 Å². The van der Waals surface area contributed by atoms with E-state index in [2.05, 4.69) is 15.0 Å². The second-order valence-electron chi connectivity index (χ2n) is 8.49. The summed E-state index contributed by atoms with van der Waals surface area (Å²) in [5.74, 6) is -1.18. The van der Waals surface area contributed by atoms with E-state index in [9.17, 15) is 22.8 Å². The Bertz CT molecular complexity index is 1340. The van der Waals surface area contributed by atoms with Crippen molar-refractivity contribution in [1.82, 2.24) is 4.98 Å². The van der Waals surface area contributed by atoms with Gasteiger partial charge in [-0.25, -0.2) is 0 Å². The van der Waals surface area contributed by atoms with Crippen LogP contribution in [-0.4, -0.2) is 30.3 Å². The zero-order chi connectivity index (χ0) is 26.7. The van der Waals surface area contributed by atoms with Crippen LogP contribution in [0, 0.1) is 6.92 Å². The van der Waals surface area contributed by atoms with Gasteiger partial charge in [-0.2, -0.15) is 0 Å². The van der Waals surface area contributed by atoms with E-state index < -0.39 is 23.9 Å². The lowest BCUT2D eigenvalue weighted by molar-refractivity contribution is -0.274. The molecule has 194 valence electrons. The third-order valence-electron chi connectivity index (χ3n) is 6.10. The lowest BCUT2D eigenvalue weighted by Gasteiger charge is -2.28. The molecule has 0 unspecified atom stereocenters. The highest BCUT2D eigenvalue weighted by atomic mass is 19.4. The predicted molar refractivity (Wildman–Crippen MR) is 128 cm³/mol. The quantitative estimate of drug-likeness (QED) is 0.398. The maximum absolute atomic E-state index is 13.5. The average Bonchev–Trinajstić information content (AvgIpc) is 2.79. The first-order chi connectivity index (χ1) is 17.6. The molecule has 4 rings (SSSR count). The van der Waals surface area contributed by atoms with Crippen molar-refractivity contribution >= 4 is 17.5 Å². The largest absolute Gasteiger partial charge is 0.573 e. The molecule has 1 aliphatic rings. The molecule has 1 aromatic heterocycles. The molecular formula is C26H24F3N3O5. The van der Waals surface area contributed by atoms with Crippen LogP contribution in [0.15, 0.2) is 48.7 Å². The summed E-state index contributed by atoms with van der Waals surface area (Å²) in [6.45, 7) is 1.81. The van der Waals surface area contributed by atoms with E-state index in [1.165, 1.54) is 31.5 Å². The number of hydrogen-bond acceptors (Lipinski definition) is 6. The normalized spacial score (nSPS) is 13.4. The molecule has 0 saturated heterocycles. The summed E-state index contributed by atoms with van der Waals surface area (Å²) in [6.07, 6.45) is -0.416. The van der Waals surface area contributed by atoms with Gasteiger partial charge < -0.3 is 25.3 Å². The number of nitrogens with one attached hydrogen (secondary N) is 1. The molecule has 2 aromatic carbocycles. The van der Waals surface area contributed by atoms with Crippen molar-refractivity contribution in [3.05, 3.63) is 71.0 Å². The van der Waals surface area contributed by atoms with Crippen molar-refractivity contribution in [1.29, 1.82) is 0 Å². The molecule has 11 heteroatoms. The Kier molecular flexibility index (Phi) is 7.23. The molecule has 3 aromatic rings. The van der Waals surface area contributed by atoms with Crippen LogP contribution in [-0.2, 0) is 0 Å². The maximum Gasteiger partial charge on any atom is 0.573 e. The van der Waals surface area contributed by atoms with Gasteiger partial charge in [0.05, 0.1) is 12.7 Å². The number of methoxy groups -OCH3 is 1. The Morgan fingerprint density at radius 1 is 1.05 bits per heavy atom. The van der Waals surface area contributed by atoms with Gasteiger partial charge in [0, 0.05) is 18.0 Å². The van der Waals surface area contributed by atoms with Crippen LogP contribution in [0.1, 0.15) is 57.2 Å². The van der Waals surface area contributed by atoms with Crippen LogP contribution in [0.5, 0.6) is 23.0 Å². The maximum atomic E-state index is 13.5. The van der Waals surface area contributed by atoms with Gasteiger partial charge in [0.2, 0.25) is 0 Å². The fraction of sp³-hybridized carbons (Fsp3) is 0.269. The molecule has 0 atom stereocenters. The first-order valence-electron chi connectivity index (χ1n) is 11.4. The molecule has 2 amide bonds. The van der Waals surface area contributed by atoms with Gasteiger partial charge in [-0.05, 0) is 67.1 Å². The topological polar surface area (TPSA) is 113 Å². The first-order valence-corrected chi connectivity index (χ1v) is 11.4. The number of carbonyl (C=O) groups is 2. The third-order valence-corrected chi connectivity index (χ3v) is 6.10. The van der Waals surface area contributed by atoms with Gasteiger partial charge in [0.15, 0.2) is 11.5 Å². The Morgan fingerprint density at radius 3 is 2.41 bits per heavy atom. The van der Waals surface area contributed by atoms with E-state index in [1.807, 2.05) is 13.0 Å². The minimum atomic E-state index is -4.87. The molecule has 0 aliphatic heterocycles. The second-order valence-corrected chi connectivity index (χ2v) is 8.49. The fourth-order valence-electron chi connectivity index (χ4n) is 4.12. The van der Waals surface area contributed by atoms with Crippen LogP contribution in [0.4, 0.5) is 18.9 Å². The lowest BCUT2D eigenvalue weighted by Crippen LogP contribution is -2.19. The molecule has 3 N–H and O–H groups in total. The summed E-state index contributed by atoms with van der Waals surface area (Å²) in [7, 11) is 1.28. The van der Waals surface area contributed by atoms with Crippen molar-refractivity contribution in [2.24, 2.45) is 5.73 Å². The van der Waals surface area contributed by atoms with Gasteiger partial charge in [-0.3, -0.25) is 14.6 Å². The van der Waals surface area contributed by atoms with Gasteiger partial charge in [-0.15, -0.1) is 13.2 Å². The van der Waals surface area contributed by atoms with Gasteiger partial charge in [0.1, 0.15) is 17.2 Å². The predicted octanol–water partition coefficient (Wildman–Crippen LogP) is 5.71. The van der Waals surface area contributed by atoms with Crippen molar-refractivity contribution in [3.63, 3.8) is 0 Å². The van der Waals surface area contributed by atoms with Crippen LogP contribution in [0.2, 0.25) is 0 Å². The summed E-state index contributed by atoms with van der Waals surface area (Å²) in [4.78, 5) is 28.8. The number of benzene rings is 2. The number of ether oxygens (including phenoxy) is 3. The molecule has 0 bridgehead atoms. The molecular weight excluding hydrogens is 491 g/mol. The van der Waals surface area contributed by atoms with Crippen molar-refractivity contribution in [2.45, 2.75) is 38.5 Å². The highest BCUT2D eigenvalue weighted by molar-refractivity contribution is 6.08. The van der Waals surface area contributed by atoms with E-state index in [1.54, 1.807) is 6.07 Å². The highest BCUT2D eigenvalue weighted by Gasteiger charge is 2.32. The molecule has 1 saturated carbocycles. The highest BCUT2D eigenvalue weighted by Crippen LogP contribution is 2.43. The SMILES string of the molecule is COc1cc(OC(F)(F)F)ccc1Oc1ccc(C2CCC2)c(C)c1C(=O)Nc1ccnc(C(N)=O)c1. The number of aromatic nitrogens is 1. The Balaban J connectivity index is 1.70. The lowest BCUT2D eigenvalue weighted by atomic mass is 9.77. The van der Waals surface area contributed by atoms with E-state index in [0.29, 0.717) is 17.2 Å². The number of amides is 2. The summed E-state index contributed by atoms with van der Waals surface area (Å²) in [5, 5.41) is 2.74. The van der Waals surface area contributed by atoms with Crippen LogP contribution >= 0.6 is 0 Å². The standard InChI is InChI=1S/C26H24F3N3O5/c1-14-18(15-4-3-5-15)7-9-21(23(14)25(34)32-16-10-11-31-19(12-16)24(30)33)36-20-8-6-17(13-22(20)35-2)37-26(27,28)29/h6-13,15H,3-5H2,1-2H3,(H2,30,33)(H,31,32,34). The zero-order valence-corrected chi connectivity index (χ0v) is 20.0. The summed E-state index contributed by atoms with van der Waals surface area (Å²) in [6, 6.07) is 9.79. The van der Waals surface area contributed by atoms with E-state index in [-0.39, 0.29) is 28.5 Å². The minimum absolute atomic E-state index is 0.0138. The number of nitrogens with zero attached hydrogens (tertiary/aromatic N) is 1. The fourth-order valence-corrected chi connectivity index (χ4v) is 4.12. The summed E-state index contributed by atoms with van der Waals surface area (Å²) >= 11 is 0. The third kappa shape index (κ3) is 5.93. The number of anilines is 1. The van der Waals surface area contributed by atoms with Crippen LogP contribution in [0.25, 0.3) is 0 Å². The van der Waals surface area contributed by atoms with Gasteiger partial charge in [0.25, 0.3) is 11.8 Å². The number of nitrogens with two attached hydrogens (primary N) is 1. The molecule has 0 spiro atoms. The molecule has 37 heavy (non-hydrogen) atoms. The van der Waals surface area contributed by atoms with Gasteiger partial charge >= 0.3 is 6.36 Å². The average molecular weight is 515 g/mol. The molecule has 0 radical (unpaired) electrons. The van der Waals surface area contributed by atoms with Crippen LogP contribution in [0.3, 0.4) is 0 Å². The number of hydrogen-bond donors (Lipinski definition) is 2. The van der Waals surface area contributed by atoms with E-state index >= 15 is 0 Å². The second kappa shape index (κ2) is 10.4. The van der Waals surface area contributed by atoms with Crippen molar-refractivity contribution in [3.8, 4) is 23.0 Å². The molecule has 8 nitrogen and oxygen atoms in total. The van der Waals surface area contributed by atoms with Crippen molar-refractivity contribution < 1.29 is 37.0 Å². The smallest absolute Gasteiger partial charge is 0.493 e. The Morgan fingerprint density at radius 2 is 1.78 bits per heavy atom. The van der Waals surface area contributed by atoms with Crippen molar-refractivity contribution in [2.75, 3.05) is 12.4 Å². The monoisotopic (exact) mass is 515 g/mol. The summed E-state index contributed by atoms with van der Waals surface area (Å²) in [5.41, 5.74) is 7.53. The van der Waals surface area contributed by atoms with Gasteiger partial charge in [-0.1, -0.05) is 12.5 Å². The minimum Gasteiger partial charge on any atom is -0.493 e. The Hall–Kier alpha value is -4.28. The number of halogens is 3. The molecule has 1 fully saturated rings. The zero-order valence-electron chi connectivity index (χ0n) is 20.0. The number of primary amides is 1.